The first-order valence-electron chi connectivity index (χ1n) is 8.93. The third-order valence-corrected chi connectivity index (χ3v) is 4.78. The van der Waals surface area contributed by atoms with Crippen molar-refractivity contribution in [1.82, 2.24) is 9.97 Å². The van der Waals surface area contributed by atoms with Crippen LogP contribution in [-0.4, -0.2) is 34.1 Å². The van der Waals surface area contributed by atoms with E-state index in [1.807, 2.05) is 24.3 Å². The molecule has 0 radical (unpaired) electrons. The number of rotatable bonds is 6. The number of nitrogens with zero attached hydrogens (tertiary/aromatic N) is 2. The molecule has 2 aromatic carbocycles. The first kappa shape index (κ1) is 19.6. The van der Waals surface area contributed by atoms with Gasteiger partial charge in [0.1, 0.15) is 0 Å². The number of aromatic carboxylic acids is 1. The molecule has 0 atom stereocenters. The smallest absolute Gasteiger partial charge is 0.335 e. The fourth-order valence-electron chi connectivity index (χ4n) is 2.97. The number of halogens is 1. The van der Waals surface area contributed by atoms with E-state index in [1.165, 1.54) is 18.2 Å². The predicted molar refractivity (Wildman–Crippen MR) is 113 cm³/mol. The summed E-state index contributed by atoms with van der Waals surface area (Å²) in [4.78, 5) is 32.6. The minimum Gasteiger partial charge on any atom is -0.478 e. The maximum absolute atomic E-state index is 12.3. The number of benzene rings is 2. The average Bonchev–Trinajstić information content (AvgIpc) is 2.69. The van der Waals surface area contributed by atoms with Crippen LogP contribution in [0.4, 0.5) is 5.69 Å². The Morgan fingerprint density at radius 3 is 2.46 bits per heavy atom. The topological polar surface area (TPSA) is 86.3 Å². The van der Waals surface area contributed by atoms with Crippen LogP contribution in [0.2, 0.25) is 0 Å². The van der Waals surface area contributed by atoms with E-state index in [-0.39, 0.29) is 27.5 Å². The van der Waals surface area contributed by atoms with Crippen LogP contribution in [0.1, 0.15) is 35.6 Å². The van der Waals surface area contributed by atoms with Crippen LogP contribution in [0, 0.1) is 0 Å². The monoisotopic (exact) mass is 397 g/mol. The second-order valence-electron chi connectivity index (χ2n) is 6.21. The molecular formula is C21H20ClN3O3. The van der Waals surface area contributed by atoms with Crippen molar-refractivity contribution in [1.29, 1.82) is 0 Å². The summed E-state index contributed by atoms with van der Waals surface area (Å²) in [5.41, 5.74) is 1.95. The van der Waals surface area contributed by atoms with Crippen molar-refractivity contribution in [3.8, 4) is 0 Å². The Bertz CT molecular complexity index is 1100. The van der Waals surface area contributed by atoms with Crippen molar-refractivity contribution in [3.05, 3.63) is 69.8 Å². The number of aromatic nitrogens is 2. The Kier molecular flexibility index (Phi) is 5.80. The maximum Gasteiger partial charge on any atom is 0.335 e. The molecule has 0 aliphatic rings. The van der Waals surface area contributed by atoms with Crippen molar-refractivity contribution in [2.45, 2.75) is 13.8 Å². The first-order valence-corrected chi connectivity index (χ1v) is 9.30. The van der Waals surface area contributed by atoms with E-state index in [2.05, 4.69) is 28.7 Å². The van der Waals surface area contributed by atoms with Gasteiger partial charge in [-0.3, -0.25) is 4.79 Å². The molecule has 0 saturated heterocycles. The van der Waals surface area contributed by atoms with E-state index in [4.69, 9.17) is 16.7 Å². The second-order valence-corrected chi connectivity index (χ2v) is 6.61. The Balaban J connectivity index is 1.97. The molecule has 0 unspecified atom stereocenters. The highest BCUT2D eigenvalue weighted by atomic mass is 35.5. The first-order chi connectivity index (χ1) is 13.4. The highest BCUT2D eigenvalue weighted by molar-refractivity contribution is 6.50. The number of anilines is 1. The van der Waals surface area contributed by atoms with E-state index in [1.54, 1.807) is 6.08 Å². The largest absolute Gasteiger partial charge is 0.478 e. The van der Waals surface area contributed by atoms with E-state index in [9.17, 15) is 9.59 Å². The van der Waals surface area contributed by atoms with E-state index >= 15 is 0 Å². The Morgan fingerprint density at radius 1 is 1.18 bits per heavy atom. The van der Waals surface area contributed by atoms with Crippen LogP contribution >= 0.6 is 11.6 Å². The van der Waals surface area contributed by atoms with E-state index < -0.39 is 5.97 Å². The predicted octanol–water partition coefficient (Wildman–Crippen LogP) is 4.20. The lowest BCUT2D eigenvalue weighted by Gasteiger charge is -2.20. The van der Waals surface area contributed by atoms with Gasteiger partial charge in [0.15, 0.2) is 5.82 Å². The standard InChI is InChI=1S/C21H20ClN3O3/c1-3-25(4-2)15-8-5-13(6-9-15)11-17(22)19-23-18-12-14(21(27)28)7-10-16(18)20(26)24-19/h5-12H,3-4H2,1-2H3,(H,27,28)(H,23,24,26)/b17-11-. The molecule has 0 amide bonds. The van der Waals surface area contributed by atoms with E-state index in [0.29, 0.717) is 5.39 Å². The zero-order valence-corrected chi connectivity index (χ0v) is 16.3. The van der Waals surface area contributed by atoms with Crippen molar-refractivity contribution in [2.75, 3.05) is 18.0 Å². The molecule has 144 valence electrons. The number of carboxylic acids is 1. The van der Waals surface area contributed by atoms with Gasteiger partial charge in [-0.25, -0.2) is 9.78 Å². The molecule has 7 heteroatoms. The highest BCUT2D eigenvalue weighted by Crippen LogP contribution is 2.22. The van der Waals surface area contributed by atoms with Crippen molar-refractivity contribution < 1.29 is 9.90 Å². The Morgan fingerprint density at radius 2 is 1.86 bits per heavy atom. The lowest BCUT2D eigenvalue weighted by molar-refractivity contribution is 0.0697. The molecule has 6 nitrogen and oxygen atoms in total. The molecule has 0 spiro atoms. The number of H-pyrrole nitrogens is 1. The van der Waals surface area contributed by atoms with Crippen LogP contribution in [0.25, 0.3) is 22.0 Å². The molecule has 2 N–H and O–H groups in total. The molecule has 0 saturated carbocycles. The van der Waals surface area contributed by atoms with Crippen LogP contribution in [0.5, 0.6) is 0 Å². The Hall–Kier alpha value is -3.12. The number of fused-ring (bicyclic) bond motifs is 1. The molecule has 0 aliphatic heterocycles. The molecule has 3 aromatic rings. The minimum absolute atomic E-state index is 0.0589. The highest BCUT2D eigenvalue weighted by Gasteiger charge is 2.10. The summed E-state index contributed by atoms with van der Waals surface area (Å²) >= 11 is 6.37. The van der Waals surface area contributed by atoms with Gasteiger partial charge < -0.3 is 15.0 Å². The third kappa shape index (κ3) is 4.07. The van der Waals surface area contributed by atoms with Gasteiger partial charge >= 0.3 is 5.97 Å². The van der Waals surface area contributed by atoms with Gasteiger partial charge in [-0.1, -0.05) is 23.7 Å². The summed E-state index contributed by atoms with van der Waals surface area (Å²) in [5.74, 6) is -0.894. The summed E-state index contributed by atoms with van der Waals surface area (Å²) < 4.78 is 0. The average molecular weight is 398 g/mol. The molecule has 0 bridgehead atoms. The van der Waals surface area contributed by atoms with Gasteiger partial charge in [-0.15, -0.1) is 0 Å². The molecule has 28 heavy (non-hydrogen) atoms. The molecule has 0 fully saturated rings. The van der Waals surface area contributed by atoms with Crippen LogP contribution < -0.4 is 10.5 Å². The van der Waals surface area contributed by atoms with Crippen LogP contribution in [0.3, 0.4) is 0 Å². The lowest BCUT2D eigenvalue weighted by atomic mass is 10.1. The van der Waals surface area contributed by atoms with Gasteiger partial charge in [-0.05, 0) is 55.8 Å². The zero-order valence-electron chi connectivity index (χ0n) is 15.6. The Labute approximate surface area is 167 Å². The number of aromatic amines is 1. The molecule has 3 rings (SSSR count). The number of carbonyl (C=O) groups is 1. The van der Waals surface area contributed by atoms with E-state index in [0.717, 1.165) is 24.3 Å². The third-order valence-electron chi connectivity index (χ3n) is 4.49. The zero-order chi connectivity index (χ0) is 20.3. The van der Waals surface area contributed by atoms with Gasteiger partial charge in [0.25, 0.3) is 5.56 Å². The SMILES string of the molecule is CCN(CC)c1ccc(/C=C(\Cl)c2nc3cc(C(=O)O)ccc3c(=O)[nH]2)cc1. The minimum atomic E-state index is -1.08. The number of hydrogen-bond acceptors (Lipinski definition) is 4. The summed E-state index contributed by atoms with van der Waals surface area (Å²) in [5, 5.41) is 9.70. The summed E-state index contributed by atoms with van der Waals surface area (Å²) in [6, 6.07) is 12.1. The summed E-state index contributed by atoms with van der Waals surface area (Å²) in [6.07, 6.45) is 1.71. The van der Waals surface area contributed by atoms with Crippen LogP contribution in [-0.2, 0) is 0 Å². The summed E-state index contributed by atoms with van der Waals surface area (Å²) in [7, 11) is 0. The van der Waals surface area contributed by atoms with Gasteiger partial charge in [-0.2, -0.15) is 0 Å². The lowest BCUT2D eigenvalue weighted by Crippen LogP contribution is -2.21. The number of carboxylic acid groups (broad SMARTS) is 1. The maximum atomic E-state index is 12.3. The number of hydrogen-bond donors (Lipinski definition) is 2. The summed E-state index contributed by atoms with van der Waals surface area (Å²) in [6.45, 7) is 6.05. The van der Waals surface area contributed by atoms with Crippen LogP contribution in [0.15, 0.2) is 47.3 Å². The molecular weight excluding hydrogens is 378 g/mol. The number of nitrogens with one attached hydrogen (secondary N) is 1. The quantitative estimate of drug-likeness (QED) is 0.650. The molecule has 0 aliphatic carbocycles. The normalized spacial score (nSPS) is 11.6. The molecule has 1 aromatic heterocycles. The van der Waals surface area contributed by atoms with Crippen molar-refractivity contribution in [2.24, 2.45) is 0 Å². The van der Waals surface area contributed by atoms with Gasteiger partial charge in [0.05, 0.1) is 21.5 Å². The second kappa shape index (κ2) is 8.27. The molecule has 1 heterocycles. The van der Waals surface area contributed by atoms with Crippen molar-refractivity contribution >= 4 is 45.3 Å². The van der Waals surface area contributed by atoms with Crippen molar-refractivity contribution in [3.63, 3.8) is 0 Å². The van der Waals surface area contributed by atoms with Gasteiger partial charge in [0.2, 0.25) is 0 Å². The fourth-order valence-corrected chi connectivity index (χ4v) is 3.19. The van der Waals surface area contributed by atoms with Gasteiger partial charge in [0, 0.05) is 18.8 Å². The fraction of sp³-hybridized carbons (Fsp3) is 0.190.